The maximum absolute atomic E-state index is 5.43. The van der Waals surface area contributed by atoms with Gasteiger partial charge in [-0.15, -0.1) is 0 Å². The van der Waals surface area contributed by atoms with Gasteiger partial charge in [-0.1, -0.05) is 20.3 Å². The summed E-state index contributed by atoms with van der Waals surface area (Å²) in [4.78, 5) is 0. The lowest BCUT2D eigenvalue weighted by Crippen LogP contribution is -2.06. The first kappa shape index (κ1) is 12.9. The normalized spacial score (nSPS) is 13.2. The molecule has 0 N–H and O–H groups in total. The number of rotatable bonds is 9. The topological polar surface area (TPSA) is 18.5 Å². The monoisotopic (exact) mass is 187 g/mol. The van der Waals surface area contributed by atoms with Crippen LogP contribution in [0.2, 0.25) is 0 Å². The fourth-order valence-electron chi connectivity index (χ4n) is 0.984. The summed E-state index contributed by atoms with van der Waals surface area (Å²) >= 11 is 0. The molecular weight excluding hydrogens is 164 g/mol. The van der Waals surface area contributed by atoms with Gasteiger partial charge in [-0.3, -0.25) is 0 Å². The van der Waals surface area contributed by atoms with Crippen molar-refractivity contribution in [2.24, 2.45) is 5.92 Å². The van der Waals surface area contributed by atoms with Crippen LogP contribution < -0.4 is 0 Å². The Morgan fingerprint density at radius 2 is 2.08 bits per heavy atom. The predicted octanol–water partition coefficient (Wildman–Crippen LogP) is 2.68. The van der Waals surface area contributed by atoms with Crippen molar-refractivity contribution in [3.05, 3.63) is 6.42 Å². The quantitative estimate of drug-likeness (QED) is 0.517. The molecule has 2 nitrogen and oxygen atoms in total. The highest BCUT2D eigenvalue weighted by molar-refractivity contribution is 4.71. The third kappa shape index (κ3) is 9.84. The first-order valence-electron chi connectivity index (χ1n) is 5.21. The van der Waals surface area contributed by atoms with E-state index in [9.17, 15) is 0 Å². The Morgan fingerprint density at radius 1 is 1.31 bits per heavy atom. The van der Waals surface area contributed by atoms with Crippen molar-refractivity contribution in [2.75, 3.05) is 26.9 Å². The summed E-state index contributed by atoms with van der Waals surface area (Å²) in [6.45, 7) is 6.89. The highest BCUT2D eigenvalue weighted by Crippen LogP contribution is 2.06. The summed E-state index contributed by atoms with van der Waals surface area (Å²) in [6.07, 6.45) is 5.68. The van der Waals surface area contributed by atoms with E-state index in [-0.39, 0.29) is 0 Å². The molecule has 0 saturated heterocycles. The molecule has 0 aliphatic carbocycles. The van der Waals surface area contributed by atoms with Gasteiger partial charge < -0.3 is 9.47 Å². The summed E-state index contributed by atoms with van der Waals surface area (Å²) in [7, 11) is 1.74. The minimum Gasteiger partial charge on any atom is -0.385 e. The van der Waals surface area contributed by atoms with Crippen molar-refractivity contribution in [3.8, 4) is 0 Å². The molecule has 0 bridgehead atoms. The lowest BCUT2D eigenvalue weighted by atomic mass is 10.1. The Labute approximate surface area is 82.6 Å². The number of hydrogen-bond donors (Lipinski definition) is 0. The van der Waals surface area contributed by atoms with Crippen LogP contribution in [-0.4, -0.2) is 26.9 Å². The molecule has 13 heavy (non-hydrogen) atoms. The maximum atomic E-state index is 5.43. The van der Waals surface area contributed by atoms with Crippen LogP contribution in [0.15, 0.2) is 0 Å². The van der Waals surface area contributed by atoms with E-state index in [0.717, 1.165) is 26.2 Å². The van der Waals surface area contributed by atoms with Gasteiger partial charge in [0.25, 0.3) is 0 Å². The molecule has 0 aliphatic rings. The molecule has 0 aromatic carbocycles. The molecule has 0 rings (SSSR count). The minimum absolute atomic E-state index is 0.599. The van der Waals surface area contributed by atoms with Crippen molar-refractivity contribution in [1.29, 1.82) is 0 Å². The highest BCUT2D eigenvalue weighted by atomic mass is 16.5. The predicted molar refractivity (Wildman–Crippen MR) is 55.7 cm³/mol. The molecule has 0 heterocycles. The Morgan fingerprint density at radius 3 is 2.69 bits per heavy atom. The summed E-state index contributed by atoms with van der Waals surface area (Å²) < 4.78 is 10.4. The third-order valence-corrected chi connectivity index (χ3v) is 2.04. The van der Waals surface area contributed by atoms with Crippen LogP contribution in [0.25, 0.3) is 0 Å². The minimum atomic E-state index is 0.599. The first-order valence-corrected chi connectivity index (χ1v) is 5.21. The van der Waals surface area contributed by atoms with Gasteiger partial charge in [0.05, 0.1) is 0 Å². The molecule has 1 unspecified atom stereocenters. The molecule has 0 amide bonds. The van der Waals surface area contributed by atoms with E-state index in [1.165, 1.54) is 12.8 Å². The number of hydrogen-bond acceptors (Lipinski definition) is 2. The van der Waals surface area contributed by atoms with Gasteiger partial charge in [-0.25, -0.2) is 0 Å². The summed E-state index contributed by atoms with van der Waals surface area (Å²) in [6, 6.07) is 0. The first-order chi connectivity index (χ1) is 6.31. The summed E-state index contributed by atoms with van der Waals surface area (Å²) in [5.41, 5.74) is 0. The average molecular weight is 187 g/mol. The Kier molecular flexibility index (Phi) is 9.94. The second-order valence-corrected chi connectivity index (χ2v) is 3.42. The molecular formula is C11H23O2. The summed E-state index contributed by atoms with van der Waals surface area (Å²) in [5.74, 6) is 0.599. The molecule has 0 aromatic rings. The zero-order valence-corrected chi connectivity index (χ0v) is 9.21. The molecule has 1 radical (unpaired) electrons. The van der Waals surface area contributed by atoms with Crippen molar-refractivity contribution >= 4 is 0 Å². The standard InChI is InChI=1S/C11H23O2/c1-4-5-8-13-10-7-11(2)6-9-12-3/h7,11H,4-6,8-10H2,1-3H3. The largest absolute Gasteiger partial charge is 0.385 e. The van der Waals surface area contributed by atoms with Crippen LogP contribution in [-0.2, 0) is 9.47 Å². The van der Waals surface area contributed by atoms with Gasteiger partial charge in [0.15, 0.2) is 0 Å². The highest BCUT2D eigenvalue weighted by Gasteiger charge is 2.01. The Bertz CT molecular complexity index is 94.1. The lowest BCUT2D eigenvalue weighted by molar-refractivity contribution is 0.138. The summed E-state index contributed by atoms with van der Waals surface area (Å²) in [5, 5.41) is 0. The molecule has 0 aliphatic heterocycles. The Balaban J connectivity index is 3.03. The molecule has 1 atom stereocenters. The third-order valence-electron chi connectivity index (χ3n) is 2.04. The molecule has 0 saturated carbocycles. The van der Waals surface area contributed by atoms with E-state index in [1.54, 1.807) is 7.11 Å². The van der Waals surface area contributed by atoms with Crippen LogP contribution in [0, 0.1) is 12.3 Å². The van der Waals surface area contributed by atoms with E-state index < -0.39 is 0 Å². The van der Waals surface area contributed by atoms with Gasteiger partial charge in [0, 0.05) is 26.9 Å². The van der Waals surface area contributed by atoms with Gasteiger partial charge in [-0.05, 0) is 25.2 Å². The van der Waals surface area contributed by atoms with Gasteiger partial charge in [0.2, 0.25) is 0 Å². The molecule has 0 spiro atoms. The second-order valence-electron chi connectivity index (χ2n) is 3.42. The number of methoxy groups -OCH3 is 1. The number of ether oxygens (including phenoxy) is 2. The van der Waals surface area contributed by atoms with E-state index >= 15 is 0 Å². The molecule has 2 heteroatoms. The van der Waals surface area contributed by atoms with E-state index in [0.29, 0.717) is 5.92 Å². The van der Waals surface area contributed by atoms with Crippen molar-refractivity contribution in [2.45, 2.75) is 33.1 Å². The van der Waals surface area contributed by atoms with Crippen LogP contribution in [0.3, 0.4) is 0 Å². The van der Waals surface area contributed by atoms with Crippen molar-refractivity contribution in [1.82, 2.24) is 0 Å². The van der Waals surface area contributed by atoms with Crippen LogP contribution in [0.5, 0.6) is 0 Å². The smallest absolute Gasteiger partial charge is 0.0500 e. The SMILES string of the molecule is CCCCOC[CH]C(C)CCOC. The zero-order valence-electron chi connectivity index (χ0n) is 9.21. The van der Waals surface area contributed by atoms with Crippen LogP contribution in [0.1, 0.15) is 33.1 Å². The maximum Gasteiger partial charge on any atom is 0.0500 e. The van der Waals surface area contributed by atoms with Crippen LogP contribution >= 0.6 is 0 Å². The van der Waals surface area contributed by atoms with Crippen LogP contribution in [0.4, 0.5) is 0 Å². The fourth-order valence-corrected chi connectivity index (χ4v) is 0.984. The Hall–Kier alpha value is -0.0800. The van der Waals surface area contributed by atoms with Gasteiger partial charge in [0.1, 0.15) is 0 Å². The average Bonchev–Trinajstić information content (AvgIpc) is 2.14. The zero-order chi connectivity index (χ0) is 9.94. The number of unbranched alkanes of at least 4 members (excludes halogenated alkanes) is 1. The van der Waals surface area contributed by atoms with E-state index in [2.05, 4.69) is 20.3 Å². The lowest BCUT2D eigenvalue weighted by Gasteiger charge is -2.10. The molecule has 0 fully saturated rings. The van der Waals surface area contributed by atoms with Gasteiger partial charge in [-0.2, -0.15) is 0 Å². The molecule has 0 aromatic heterocycles. The van der Waals surface area contributed by atoms with Crippen molar-refractivity contribution in [3.63, 3.8) is 0 Å². The second kappa shape index (κ2) is 10.0. The molecule has 79 valence electrons. The van der Waals surface area contributed by atoms with Crippen molar-refractivity contribution < 1.29 is 9.47 Å². The van der Waals surface area contributed by atoms with Gasteiger partial charge >= 0.3 is 0 Å². The van der Waals surface area contributed by atoms with E-state index in [4.69, 9.17) is 9.47 Å². The fraction of sp³-hybridized carbons (Fsp3) is 0.909. The van der Waals surface area contributed by atoms with E-state index in [1.807, 2.05) is 0 Å².